The van der Waals surface area contributed by atoms with E-state index in [1.54, 1.807) is 31.4 Å². The van der Waals surface area contributed by atoms with Crippen molar-refractivity contribution in [3.8, 4) is 5.75 Å². The predicted molar refractivity (Wildman–Crippen MR) is 128 cm³/mol. The minimum Gasteiger partial charge on any atom is -0.497 e. The van der Waals surface area contributed by atoms with E-state index in [4.69, 9.17) is 9.15 Å². The normalized spacial score (nSPS) is 16.1. The van der Waals surface area contributed by atoms with Gasteiger partial charge in [0.15, 0.2) is 5.76 Å². The van der Waals surface area contributed by atoms with Crippen molar-refractivity contribution in [2.45, 2.75) is 39.2 Å². The van der Waals surface area contributed by atoms with Crippen LogP contribution in [0, 0.1) is 6.92 Å². The zero-order valence-corrected chi connectivity index (χ0v) is 19.4. The summed E-state index contributed by atoms with van der Waals surface area (Å²) in [5.74, 6) is 1.33. The van der Waals surface area contributed by atoms with Gasteiger partial charge in [-0.25, -0.2) is 5.43 Å². The third-order valence-corrected chi connectivity index (χ3v) is 6.56. The number of aryl methyl sites for hydroxylation is 1. The second-order valence-corrected chi connectivity index (χ2v) is 8.68. The number of amides is 2. The average molecular weight is 458 g/mol. The number of ether oxygens (including phenoxy) is 1. The first-order valence-corrected chi connectivity index (χ1v) is 11.5. The Hall–Kier alpha value is -3.87. The number of methoxy groups -OCH3 is 1. The lowest BCUT2D eigenvalue weighted by Crippen LogP contribution is -2.36. The number of carbonyl (C=O) groups is 2. The summed E-state index contributed by atoms with van der Waals surface area (Å²) in [4.78, 5) is 27.8. The molecule has 7 nitrogen and oxygen atoms in total. The zero-order chi connectivity index (χ0) is 23.7. The summed E-state index contributed by atoms with van der Waals surface area (Å²) < 4.78 is 11.3. The van der Waals surface area contributed by atoms with Gasteiger partial charge in [0.1, 0.15) is 11.5 Å². The van der Waals surface area contributed by atoms with Crippen LogP contribution in [0.5, 0.6) is 5.75 Å². The van der Waals surface area contributed by atoms with Crippen LogP contribution >= 0.6 is 0 Å². The highest BCUT2D eigenvalue weighted by molar-refractivity contribution is 6.07. The molecule has 2 aromatic carbocycles. The van der Waals surface area contributed by atoms with Crippen molar-refractivity contribution in [1.29, 1.82) is 0 Å². The summed E-state index contributed by atoms with van der Waals surface area (Å²) in [5, 5.41) is 4.42. The molecular formula is C27H27N3O4. The zero-order valence-electron chi connectivity index (χ0n) is 19.4. The number of nitrogens with zero attached hydrogens (tertiary/aromatic N) is 2. The van der Waals surface area contributed by atoms with Crippen LogP contribution in [0.4, 0.5) is 0 Å². The number of furan rings is 1. The minimum absolute atomic E-state index is 0.0961. The number of nitrogens with one attached hydrogen (secondary N) is 1. The number of hydrazone groups is 1. The van der Waals surface area contributed by atoms with Crippen LogP contribution in [-0.2, 0) is 19.4 Å². The first kappa shape index (κ1) is 21.9. The molecule has 0 atom stereocenters. The Morgan fingerprint density at radius 1 is 1.06 bits per heavy atom. The second kappa shape index (κ2) is 9.17. The molecule has 2 amide bonds. The molecule has 0 radical (unpaired) electrons. The molecule has 2 aliphatic rings. The van der Waals surface area contributed by atoms with E-state index in [0.717, 1.165) is 41.9 Å². The molecular weight excluding hydrogens is 430 g/mol. The molecule has 1 aliphatic carbocycles. The van der Waals surface area contributed by atoms with Crippen molar-refractivity contribution >= 4 is 17.5 Å². The molecule has 1 aliphatic heterocycles. The first-order valence-electron chi connectivity index (χ1n) is 11.5. The molecule has 0 saturated heterocycles. The molecule has 0 unspecified atom stereocenters. The smallest absolute Gasteiger partial charge is 0.290 e. The molecule has 0 bridgehead atoms. The molecule has 174 valence electrons. The van der Waals surface area contributed by atoms with Gasteiger partial charge in [-0.2, -0.15) is 5.10 Å². The molecule has 0 saturated carbocycles. The van der Waals surface area contributed by atoms with Crippen molar-refractivity contribution in [3.05, 3.63) is 87.9 Å². The van der Waals surface area contributed by atoms with Crippen LogP contribution in [0.2, 0.25) is 0 Å². The van der Waals surface area contributed by atoms with Gasteiger partial charge >= 0.3 is 0 Å². The van der Waals surface area contributed by atoms with Gasteiger partial charge < -0.3 is 14.1 Å². The molecule has 0 fully saturated rings. The SMILES string of the molecule is COc1cccc(C(=O)N/N=C2\CCCc3oc(C(=O)N4CCc5ccccc5C4)c(C)c32)c1. The highest BCUT2D eigenvalue weighted by atomic mass is 16.5. The lowest BCUT2D eigenvalue weighted by atomic mass is 9.93. The van der Waals surface area contributed by atoms with Crippen LogP contribution in [0.25, 0.3) is 0 Å². The lowest BCUT2D eigenvalue weighted by molar-refractivity contribution is 0.0699. The number of rotatable bonds is 4. The van der Waals surface area contributed by atoms with E-state index in [1.807, 2.05) is 24.0 Å². The molecule has 3 aromatic rings. The Kier molecular flexibility index (Phi) is 5.92. The lowest BCUT2D eigenvalue weighted by Gasteiger charge is -2.28. The van der Waals surface area contributed by atoms with E-state index in [-0.39, 0.29) is 11.8 Å². The van der Waals surface area contributed by atoms with E-state index >= 15 is 0 Å². The van der Waals surface area contributed by atoms with Gasteiger partial charge in [-0.3, -0.25) is 9.59 Å². The summed E-state index contributed by atoms with van der Waals surface area (Å²) >= 11 is 0. The average Bonchev–Trinajstić information content (AvgIpc) is 3.23. The maximum absolute atomic E-state index is 13.4. The third-order valence-electron chi connectivity index (χ3n) is 6.56. The fourth-order valence-corrected chi connectivity index (χ4v) is 4.74. The number of benzene rings is 2. The highest BCUT2D eigenvalue weighted by Crippen LogP contribution is 2.31. The second-order valence-electron chi connectivity index (χ2n) is 8.68. The molecule has 0 spiro atoms. The van der Waals surface area contributed by atoms with Gasteiger partial charge in [-0.1, -0.05) is 30.3 Å². The highest BCUT2D eigenvalue weighted by Gasteiger charge is 2.31. The summed E-state index contributed by atoms with van der Waals surface area (Å²) in [6.07, 6.45) is 3.13. The summed E-state index contributed by atoms with van der Waals surface area (Å²) in [6.45, 7) is 3.15. The van der Waals surface area contributed by atoms with Crippen LogP contribution < -0.4 is 10.2 Å². The number of fused-ring (bicyclic) bond motifs is 2. The summed E-state index contributed by atoms with van der Waals surface area (Å²) in [6, 6.07) is 15.2. The van der Waals surface area contributed by atoms with E-state index in [2.05, 4.69) is 22.7 Å². The fraction of sp³-hybridized carbons (Fsp3) is 0.296. The monoisotopic (exact) mass is 457 g/mol. The maximum atomic E-state index is 13.4. The van der Waals surface area contributed by atoms with E-state index in [9.17, 15) is 9.59 Å². The molecule has 1 N–H and O–H groups in total. The summed E-state index contributed by atoms with van der Waals surface area (Å²) in [7, 11) is 1.56. The van der Waals surface area contributed by atoms with E-state index < -0.39 is 0 Å². The maximum Gasteiger partial charge on any atom is 0.290 e. The molecule has 34 heavy (non-hydrogen) atoms. The topological polar surface area (TPSA) is 84.1 Å². The Bertz CT molecular complexity index is 1290. The van der Waals surface area contributed by atoms with Crippen molar-refractivity contribution in [2.75, 3.05) is 13.7 Å². The van der Waals surface area contributed by atoms with Crippen LogP contribution in [0.3, 0.4) is 0 Å². The van der Waals surface area contributed by atoms with Gasteiger partial charge in [0, 0.05) is 36.2 Å². The summed E-state index contributed by atoms with van der Waals surface area (Å²) in [5.41, 5.74) is 7.96. The number of hydrogen-bond acceptors (Lipinski definition) is 5. The Morgan fingerprint density at radius 2 is 1.88 bits per heavy atom. The van der Waals surface area contributed by atoms with Crippen molar-refractivity contribution < 1.29 is 18.7 Å². The van der Waals surface area contributed by atoms with Crippen LogP contribution in [0.1, 0.15) is 61.8 Å². The standard InChI is InChI=1S/C27H27N3O4/c1-17-24-22(28-29-26(31)19-9-5-10-21(15-19)33-2)11-6-12-23(24)34-25(17)27(32)30-14-13-18-7-3-4-8-20(18)16-30/h3-5,7-10,15H,6,11-14,16H2,1-2H3,(H,29,31)/b28-22+. The first-order chi connectivity index (χ1) is 16.5. The van der Waals surface area contributed by atoms with E-state index in [0.29, 0.717) is 36.6 Å². The predicted octanol–water partition coefficient (Wildman–Crippen LogP) is 4.27. The van der Waals surface area contributed by atoms with Crippen molar-refractivity contribution in [1.82, 2.24) is 10.3 Å². The van der Waals surface area contributed by atoms with Crippen molar-refractivity contribution in [3.63, 3.8) is 0 Å². The quantitative estimate of drug-likeness (QED) is 0.593. The Balaban J connectivity index is 1.37. The van der Waals surface area contributed by atoms with E-state index in [1.165, 1.54) is 11.1 Å². The van der Waals surface area contributed by atoms with Crippen molar-refractivity contribution in [2.24, 2.45) is 5.10 Å². The Labute approximate surface area is 198 Å². The van der Waals surface area contributed by atoms with Gasteiger partial charge in [0.25, 0.3) is 11.8 Å². The molecule has 5 rings (SSSR count). The van der Waals surface area contributed by atoms with Crippen LogP contribution in [-0.4, -0.2) is 36.1 Å². The van der Waals surface area contributed by atoms with Crippen LogP contribution in [0.15, 0.2) is 58.0 Å². The van der Waals surface area contributed by atoms with Gasteiger partial charge in [-0.15, -0.1) is 0 Å². The Morgan fingerprint density at radius 3 is 2.71 bits per heavy atom. The molecule has 1 aromatic heterocycles. The number of carbonyl (C=O) groups excluding carboxylic acids is 2. The largest absolute Gasteiger partial charge is 0.497 e. The van der Waals surface area contributed by atoms with Gasteiger partial charge in [-0.05, 0) is 55.5 Å². The number of hydrogen-bond donors (Lipinski definition) is 1. The molecule has 7 heteroatoms. The minimum atomic E-state index is -0.317. The third kappa shape index (κ3) is 4.09. The fourth-order valence-electron chi connectivity index (χ4n) is 4.74. The van der Waals surface area contributed by atoms with Gasteiger partial charge in [0.2, 0.25) is 0 Å². The molecule has 2 heterocycles. The van der Waals surface area contributed by atoms with Gasteiger partial charge in [0.05, 0.1) is 12.8 Å².